The van der Waals surface area contributed by atoms with Crippen LogP contribution >= 0.6 is 11.3 Å². The summed E-state index contributed by atoms with van der Waals surface area (Å²) in [5.74, 6) is 0. The van der Waals surface area contributed by atoms with Gasteiger partial charge in [0.15, 0.2) is 5.01 Å². The van der Waals surface area contributed by atoms with E-state index in [9.17, 15) is 13.2 Å². The monoisotopic (exact) mass is 350 g/mol. The first-order chi connectivity index (χ1) is 10.8. The molecule has 0 unspecified atom stereocenters. The number of aryl methyl sites for hydroxylation is 2. The molecule has 0 amide bonds. The van der Waals surface area contributed by atoms with Gasteiger partial charge < -0.3 is 4.57 Å². The number of nitrogens with zero attached hydrogens (tertiary/aromatic N) is 4. The average molecular weight is 350 g/mol. The highest BCUT2D eigenvalue weighted by molar-refractivity contribution is 7.92. The van der Waals surface area contributed by atoms with E-state index in [0.29, 0.717) is 28.1 Å². The molecule has 0 spiro atoms. The minimum atomic E-state index is -3.44. The summed E-state index contributed by atoms with van der Waals surface area (Å²) in [5.41, 5.74) is 1.53. The van der Waals surface area contributed by atoms with Crippen LogP contribution in [0.15, 0.2) is 27.5 Å². The maximum Gasteiger partial charge on any atom is 0.232 e. The zero-order valence-electron chi connectivity index (χ0n) is 12.8. The van der Waals surface area contributed by atoms with E-state index in [0.717, 1.165) is 23.3 Å². The fraction of sp³-hybridized carbons (Fsp3) is 0.286. The van der Waals surface area contributed by atoms with Crippen LogP contribution in [0.5, 0.6) is 0 Å². The smallest absolute Gasteiger partial charge is 0.232 e. The van der Waals surface area contributed by atoms with Crippen LogP contribution in [-0.4, -0.2) is 34.4 Å². The molecule has 120 valence electrons. The standard InChI is InChI=1S/C14H14N4O3S2/c1-4-18-7-10(13-16-17-14(22-13)23(3,20)21)11(19)9-6-5-8(2)15-12(9)18/h5-7H,4H2,1-3H3. The van der Waals surface area contributed by atoms with Gasteiger partial charge in [-0.1, -0.05) is 11.3 Å². The Morgan fingerprint density at radius 1 is 1.26 bits per heavy atom. The summed E-state index contributed by atoms with van der Waals surface area (Å²) in [5, 5.41) is 8.31. The van der Waals surface area contributed by atoms with Crippen molar-refractivity contribution >= 4 is 32.2 Å². The fourth-order valence-electron chi connectivity index (χ4n) is 2.22. The normalized spacial score (nSPS) is 12.0. The van der Waals surface area contributed by atoms with Gasteiger partial charge in [0, 0.05) is 24.7 Å². The van der Waals surface area contributed by atoms with Gasteiger partial charge >= 0.3 is 0 Å². The minimum Gasteiger partial charge on any atom is -0.332 e. The summed E-state index contributed by atoms with van der Waals surface area (Å²) >= 11 is 0.894. The van der Waals surface area contributed by atoms with E-state index in [1.165, 1.54) is 0 Å². The topological polar surface area (TPSA) is 94.8 Å². The van der Waals surface area contributed by atoms with Gasteiger partial charge in [-0.2, -0.15) is 0 Å². The van der Waals surface area contributed by atoms with Crippen molar-refractivity contribution in [2.45, 2.75) is 24.7 Å². The number of rotatable bonds is 3. The SMILES string of the molecule is CCn1cc(-c2nnc(S(C)(=O)=O)s2)c(=O)c2ccc(C)nc21. The van der Waals surface area contributed by atoms with Gasteiger partial charge in [-0.15, -0.1) is 10.2 Å². The third-order valence-electron chi connectivity index (χ3n) is 3.36. The van der Waals surface area contributed by atoms with Crippen LogP contribution in [-0.2, 0) is 16.4 Å². The molecule has 23 heavy (non-hydrogen) atoms. The Bertz CT molecular complexity index is 1070. The first kappa shape index (κ1) is 15.8. The van der Waals surface area contributed by atoms with Crippen molar-refractivity contribution in [2.24, 2.45) is 0 Å². The lowest BCUT2D eigenvalue weighted by molar-refractivity contribution is 0.600. The highest BCUT2D eigenvalue weighted by Crippen LogP contribution is 2.25. The van der Waals surface area contributed by atoms with Gasteiger partial charge in [0.2, 0.25) is 19.6 Å². The summed E-state index contributed by atoms with van der Waals surface area (Å²) in [6.45, 7) is 4.43. The molecule has 0 saturated heterocycles. The summed E-state index contributed by atoms with van der Waals surface area (Å²) in [7, 11) is -3.44. The number of pyridine rings is 2. The number of hydrogen-bond acceptors (Lipinski definition) is 7. The molecule has 0 aliphatic heterocycles. The molecule has 3 heterocycles. The average Bonchev–Trinajstić information content (AvgIpc) is 2.97. The molecule has 0 saturated carbocycles. The van der Waals surface area contributed by atoms with Crippen molar-refractivity contribution in [3.8, 4) is 10.6 Å². The van der Waals surface area contributed by atoms with Crippen LogP contribution in [0.25, 0.3) is 21.6 Å². The molecule has 3 aromatic heterocycles. The van der Waals surface area contributed by atoms with Crippen molar-refractivity contribution in [1.29, 1.82) is 0 Å². The van der Waals surface area contributed by atoms with Gasteiger partial charge in [0.05, 0.1) is 10.9 Å². The molecule has 0 atom stereocenters. The minimum absolute atomic E-state index is 0.0999. The predicted octanol–water partition coefficient (Wildman–Crippen LogP) is 1.65. The quantitative estimate of drug-likeness (QED) is 0.713. The Labute approximate surface area is 136 Å². The first-order valence-electron chi connectivity index (χ1n) is 6.86. The van der Waals surface area contributed by atoms with Crippen LogP contribution in [0.1, 0.15) is 12.6 Å². The lowest BCUT2D eigenvalue weighted by atomic mass is 10.2. The maximum atomic E-state index is 12.7. The molecule has 0 aliphatic rings. The first-order valence-corrected chi connectivity index (χ1v) is 9.56. The van der Waals surface area contributed by atoms with Gasteiger partial charge in [0.25, 0.3) is 0 Å². The van der Waals surface area contributed by atoms with Crippen molar-refractivity contribution < 1.29 is 8.42 Å². The molecule has 3 aromatic rings. The van der Waals surface area contributed by atoms with Crippen molar-refractivity contribution in [1.82, 2.24) is 19.7 Å². The van der Waals surface area contributed by atoms with E-state index in [4.69, 9.17) is 0 Å². The van der Waals surface area contributed by atoms with E-state index >= 15 is 0 Å². The molecule has 0 radical (unpaired) electrons. The van der Waals surface area contributed by atoms with Crippen LogP contribution in [0.3, 0.4) is 0 Å². The summed E-state index contributed by atoms with van der Waals surface area (Å²) < 4.78 is 24.8. The van der Waals surface area contributed by atoms with E-state index < -0.39 is 9.84 Å². The zero-order valence-corrected chi connectivity index (χ0v) is 14.4. The number of sulfone groups is 1. The van der Waals surface area contributed by atoms with Crippen LogP contribution in [0.4, 0.5) is 0 Å². The fourth-order valence-corrected chi connectivity index (χ4v) is 3.84. The Hall–Kier alpha value is -2.13. The Kier molecular flexibility index (Phi) is 3.77. The molecular weight excluding hydrogens is 336 g/mol. The molecule has 7 nitrogen and oxygen atoms in total. The third kappa shape index (κ3) is 2.77. The lowest BCUT2D eigenvalue weighted by Crippen LogP contribution is -2.13. The molecule has 0 fully saturated rings. The van der Waals surface area contributed by atoms with E-state index in [-0.39, 0.29) is 9.77 Å². The van der Waals surface area contributed by atoms with Crippen molar-refractivity contribution in [3.05, 3.63) is 34.2 Å². The zero-order chi connectivity index (χ0) is 16.8. The van der Waals surface area contributed by atoms with Crippen LogP contribution < -0.4 is 5.43 Å². The third-order valence-corrected chi connectivity index (χ3v) is 5.98. The summed E-state index contributed by atoms with van der Waals surface area (Å²) in [6, 6.07) is 3.50. The second-order valence-corrected chi connectivity index (χ2v) is 8.29. The molecule has 0 aromatic carbocycles. The largest absolute Gasteiger partial charge is 0.332 e. The number of fused-ring (bicyclic) bond motifs is 1. The molecule has 0 bridgehead atoms. The molecule has 0 N–H and O–H groups in total. The Balaban J connectivity index is 2.30. The summed E-state index contributed by atoms with van der Waals surface area (Å²) in [4.78, 5) is 17.1. The predicted molar refractivity (Wildman–Crippen MR) is 88.4 cm³/mol. The molecular formula is C14H14N4O3S2. The highest BCUT2D eigenvalue weighted by atomic mass is 32.2. The summed E-state index contributed by atoms with van der Waals surface area (Å²) in [6.07, 6.45) is 2.72. The van der Waals surface area contributed by atoms with Gasteiger partial charge in [-0.05, 0) is 26.0 Å². The van der Waals surface area contributed by atoms with Crippen molar-refractivity contribution in [3.63, 3.8) is 0 Å². The van der Waals surface area contributed by atoms with E-state index in [2.05, 4.69) is 15.2 Å². The maximum absolute atomic E-state index is 12.7. The second-order valence-electron chi connectivity index (χ2n) is 5.13. The van der Waals surface area contributed by atoms with Gasteiger partial charge in [-0.3, -0.25) is 4.79 Å². The molecule has 3 rings (SSSR count). The van der Waals surface area contributed by atoms with Crippen LogP contribution in [0, 0.1) is 6.92 Å². The van der Waals surface area contributed by atoms with Gasteiger partial charge in [-0.25, -0.2) is 13.4 Å². The van der Waals surface area contributed by atoms with Gasteiger partial charge in [0.1, 0.15) is 5.65 Å². The number of aromatic nitrogens is 4. The second kappa shape index (κ2) is 5.50. The van der Waals surface area contributed by atoms with E-state index in [1.54, 1.807) is 18.3 Å². The van der Waals surface area contributed by atoms with Crippen LogP contribution in [0.2, 0.25) is 0 Å². The Morgan fingerprint density at radius 3 is 2.61 bits per heavy atom. The molecule has 0 aliphatic carbocycles. The van der Waals surface area contributed by atoms with E-state index in [1.807, 2.05) is 18.4 Å². The molecule has 9 heteroatoms. The number of hydrogen-bond donors (Lipinski definition) is 0. The Morgan fingerprint density at radius 2 is 2.00 bits per heavy atom. The highest BCUT2D eigenvalue weighted by Gasteiger charge is 2.19. The van der Waals surface area contributed by atoms with Crippen molar-refractivity contribution in [2.75, 3.05) is 6.26 Å². The lowest BCUT2D eigenvalue weighted by Gasteiger charge is -2.09.